The summed E-state index contributed by atoms with van der Waals surface area (Å²) in [5.74, 6) is -0.155. The van der Waals surface area contributed by atoms with Gasteiger partial charge in [0.1, 0.15) is 6.04 Å². The zero-order valence-electron chi connectivity index (χ0n) is 14.4. The third-order valence-corrected chi connectivity index (χ3v) is 5.17. The van der Waals surface area contributed by atoms with E-state index in [1.54, 1.807) is 9.80 Å². The molecule has 1 aliphatic heterocycles. The number of rotatable bonds is 5. The summed E-state index contributed by atoms with van der Waals surface area (Å²) in [4.78, 5) is 40.0. The highest BCUT2D eigenvalue weighted by Gasteiger charge is 2.32. The third kappa shape index (κ3) is 4.35. The van der Waals surface area contributed by atoms with E-state index < -0.39 is 6.04 Å². The first-order valence-corrected chi connectivity index (χ1v) is 9.25. The van der Waals surface area contributed by atoms with Gasteiger partial charge in [-0.3, -0.25) is 14.4 Å². The van der Waals surface area contributed by atoms with Gasteiger partial charge in [0.25, 0.3) is 5.91 Å². The van der Waals surface area contributed by atoms with Crippen LogP contribution in [0, 0.1) is 5.92 Å². The number of amides is 3. The highest BCUT2D eigenvalue weighted by atomic mass is 32.1. The van der Waals surface area contributed by atoms with Crippen LogP contribution in [0.2, 0.25) is 0 Å². The van der Waals surface area contributed by atoms with Gasteiger partial charge in [-0.1, -0.05) is 20.3 Å². The van der Waals surface area contributed by atoms with Crippen molar-refractivity contribution in [3.63, 3.8) is 0 Å². The third-order valence-electron chi connectivity index (χ3n) is 4.48. The van der Waals surface area contributed by atoms with Crippen molar-refractivity contribution in [1.82, 2.24) is 15.1 Å². The molecule has 0 radical (unpaired) electrons. The fourth-order valence-electron chi connectivity index (χ4n) is 2.80. The molecular formula is C17H25N3O3S. The molecule has 1 saturated heterocycles. The lowest BCUT2D eigenvalue weighted by Crippen LogP contribution is -2.57. The van der Waals surface area contributed by atoms with Crippen molar-refractivity contribution in [2.75, 3.05) is 26.2 Å². The first-order valence-electron chi connectivity index (χ1n) is 8.31. The van der Waals surface area contributed by atoms with Gasteiger partial charge in [0, 0.05) is 38.5 Å². The lowest BCUT2D eigenvalue weighted by molar-refractivity contribution is -0.138. The lowest BCUT2D eigenvalue weighted by atomic mass is 9.97. The number of nitrogens with one attached hydrogen (secondary N) is 1. The van der Waals surface area contributed by atoms with Crippen molar-refractivity contribution in [2.45, 2.75) is 33.2 Å². The van der Waals surface area contributed by atoms with Gasteiger partial charge in [-0.05, 0) is 17.4 Å². The van der Waals surface area contributed by atoms with Crippen molar-refractivity contribution in [2.24, 2.45) is 5.92 Å². The summed E-state index contributed by atoms with van der Waals surface area (Å²) in [7, 11) is 0. The molecule has 7 heteroatoms. The van der Waals surface area contributed by atoms with E-state index in [0.717, 1.165) is 6.42 Å². The minimum absolute atomic E-state index is 0.0173. The Morgan fingerprint density at radius 1 is 1.21 bits per heavy atom. The van der Waals surface area contributed by atoms with Gasteiger partial charge >= 0.3 is 0 Å². The Hall–Kier alpha value is -1.89. The van der Waals surface area contributed by atoms with Crippen molar-refractivity contribution < 1.29 is 14.4 Å². The molecular weight excluding hydrogens is 326 g/mol. The average molecular weight is 351 g/mol. The molecule has 1 N–H and O–H groups in total. The molecule has 0 aromatic carbocycles. The van der Waals surface area contributed by atoms with Gasteiger partial charge < -0.3 is 15.1 Å². The zero-order chi connectivity index (χ0) is 17.7. The lowest BCUT2D eigenvalue weighted by Gasteiger charge is -2.37. The predicted molar refractivity (Wildman–Crippen MR) is 93.9 cm³/mol. The van der Waals surface area contributed by atoms with Crippen molar-refractivity contribution >= 4 is 29.1 Å². The standard InChI is InChI=1S/C17H25N3O3S/c1-4-12(2)15(18-13(3)21)17(23)20-8-6-19(7-9-20)16(22)14-5-10-24-11-14/h5,10-12,15H,4,6-9H2,1-3H3,(H,18,21)/t12-,15-/m0/s1. The molecule has 3 amide bonds. The van der Waals surface area contributed by atoms with Gasteiger partial charge in [0.05, 0.1) is 5.56 Å². The summed E-state index contributed by atoms with van der Waals surface area (Å²) in [6.45, 7) is 7.45. The van der Waals surface area contributed by atoms with Crippen LogP contribution in [0.1, 0.15) is 37.6 Å². The molecule has 1 aromatic rings. The van der Waals surface area contributed by atoms with Gasteiger partial charge in [0.2, 0.25) is 11.8 Å². The van der Waals surface area contributed by atoms with E-state index in [-0.39, 0.29) is 23.6 Å². The maximum Gasteiger partial charge on any atom is 0.254 e. The van der Waals surface area contributed by atoms with Crippen LogP contribution < -0.4 is 5.32 Å². The Balaban J connectivity index is 1.95. The molecule has 1 aliphatic rings. The van der Waals surface area contributed by atoms with E-state index in [2.05, 4.69) is 5.32 Å². The predicted octanol–water partition coefficient (Wildman–Crippen LogP) is 1.58. The summed E-state index contributed by atoms with van der Waals surface area (Å²) in [6.07, 6.45) is 0.813. The maximum atomic E-state index is 12.7. The number of thiophene rings is 1. The molecule has 1 aromatic heterocycles. The molecule has 2 heterocycles. The Morgan fingerprint density at radius 3 is 2.33 bits per heavy atom. The Bertz CT molecular complexity index is 580. The Labute approximate surface area is 146 Å². The number of nitrogens with zero attached hydrogens (tertiary/aromatic N) is 2. The monoisotopic (exact) mass is 351 g/mol. The smallest absolute Gasteiger partial charge is 0.254 e. The van der Waals surface area contributed by atoms with Crippen LogP contribution in [-0.2, 0) is 9.59 Å². The van der Waals surface area contributed by atoms with Crippen molar-refractivity contribution in [3.05, 3.63) is 22.4 Å². The van der Waals surface area contributed by atoms with Crippen LogP contribution in [0.4, 0.5) is 0 Å². The second-order valence-corrected chi connectivity index (χ2v) is 6.97. The number of carbonyl (C=O) groups is 3. The molecule has 0 bridgehead atoms. The van der Waals surface area contributed by atoms with E-state index in [9.17, 15) is 14.4 Å². The molecule has 6 nitrogen and oxygen atoms in total. The molecule has 132 valence electrons. The van der Waals surface area contributed by atoms with Crippen LogP contribution in [-0.4, -0.2) is 59.7 Å². The Morgan fingerprint density at radius 2 is 1.83 bits per heavy atom. The summed E-state index contributed by atoms with van der Waals surface area (Å²) in [6, 6.07) is 1.33. The zero-order valence-corrected chi connectivity index (χ0v) is 15.3. The fourth-order valence-corrected chi connectivity index (χ4v) is 3.43. The van der Waals surface area contributed by atoms with E-state index in [1.807, 2.05) is 30.7 Å². The summed E-state index contributed by atoms with van der Waals surface area (Å²) < 4.78 is 0. The van der Waals surface area contributed by atoms with Crippen LogP contribution in [0.25, 0.3) is 0 Å². The molecule has 0 saturated carbocycles. The van der Waals surface area contributed by atoms with Crippen LogP contribution in [0.15, 0.2) is 16.8 Å². The van der Waals surface area contributed by atoms with Crippen LogP contribution in [0.5, 0.6) is 0 Å². The molecule has 2 atom stereocenters. The summed E-state index contributed by atoms with van der Waals surface area (Å²) in [5.41, 5.74) is 0.704. The molecule has 1 fully saturated rings. The largest absolute Gasteiger partial charge is 0.344 e. The first-order chi connectivity index (χ1) is 11.4. The second-order valence-electron chi connectivity index (χ2n) is 6.19. The summed E-state index contributed by atoms with van der Waals surface area (Å²) in [5, 5.41) is 6.50. The van der Waals surface area contributed by atoms with E-state index in [1.165, 1.54) is 18.3 Å². The Kier molecular flexibility index (Phi) is 6.36. The van der Waals surface area contributed by atoms with Crippen LogP contribution >= 0.6 is 11.3 Å². The SMILES string of the molecule is CC[C@H](C)[C@H](NC(C)=O)C(=O)N1CCN(C(=O)c2ccsc2)CC1. The normalized spacial score (nSPS) is 17.3. The van der Waals surface area contributed by atoms with Gasteiger partial charge in [-0.25, -0.2) is 0 Å². The first kappa shape index (κ1) is 18.4. The molecule has 0 aliphatic carbocycles. The minimum atomic E-state index is -0.494. The number of hydrogen-bond acceptors (Lipinski definition) is 4. The van der Waals surface area contributed by atoms with E-state index in [0.29, 0.717) is 31.7 Å². The summed E-state index contributed by atoms with van der Waals surface area (Å²) >= 11 is 1.50. The number of carbonyl (C=O) groups excluding carboxylic acids is 3. The van der Waals surface area contributed by atoms with E-state index >= 15 is 0 Å². The molecule has 0 spiro atoms. The highest BCUT2D eigenvalue weighted by molar-refractivity contribution is 7.08. The number of piperazine rings is 1. The molecule has 0 unspecified atom stereocenters. The van der Waals surface area contributed by atoms with Gasteiger partial charge in [0.15, 0.2) is 0 Å². The second kappa shape index (κ2) is 8.28. The highest BCUT2D eigenvalue weighted by Crippen LogP contribution is 2.15. The minimum Gasteiger partial charge on any atom is -0.344 e. The topological polar surface area (TPSA) is 69.7 Å². The van der Waals surface area contributed by atoms with Gasteiger partial charge in [-0.15, -0.1) is 0 Å². The van der Waals surface area contributed by atoms with Crippen LogP contribution in [0.3, 0.4) is 0 Å². The quantitative estimate of drug-likeness (QED) is 0.876. The maximum absolute atomic E-state index is 12.7. The molecule has 24 heavy (non-hydrogen) atoms. The fraction of sp³-hybridized carbons (Fsp3) is 0.588. The number of hydrogen-bond donors (Lipinski definition) is 1. The van der Waals surface area contributed by atoms with Crippen molar-refractivity contribution in [3.8, 4) is 0 Å². The average Bonchev–Trinajstić information content (AvgIpc) is 3.12. The van der Waals surface area contributed by atoms with Crippen molar-refractivity contribution in [1.29, 1.82) is 0 Å². The molecule has 2 rings (SSSR count). The van der Waals surface area contributed by atoms with E-state index in [4.69, 9.17) is 0 Å². The van der Waals surface area contributed by atoms with Gasteiger partial charge in [-0.2, -0.15) is 11.3 Å².